The number of aromatic nitrogens is 2. The lowest BCUT2D eigenvalue weighted by molar-refractivity contribution is -0.115. The topological polar surface area (TPSA) is 110 Å². The van der Waals surface area contributed by atoms with E-state index in [4.69, 9.17) is 5.73 Å². The second kappa shape index (κ2) is 9.42. The number of nitrogens with two attached hydrogens (primary N) is 1. The average molecular weight is 405 g/mol. The van der Waals surface area contributed by atoms with E-state index in [2.05, 4.69) is 20.6 Å². The van der Waals surface area contributed by atoms with Gasteiger partial charge in [0.15, 0.2) is 0 Å². The van der Waals surface area contributed by atoms with E-state index in [1.807, 2.05) is 25.1 Å². The molecule has 7 nitrogen and oxygen atoms in total. The summed E-state index contributed by atoms with van der Waals surface area (Å²) in [6.45, 7) is 1.90. The molecule has 0 atom stereocenters. The summed E-state index contributed by atoms with van der Waals surface area (Å²) in [5.74, 6) is -1.21. The summed E-state index contributed by atoms with van der Waals surface area (Å²) in [6.07, 6.45) is 6.86. The van der Waals surface area contributed by atoms with Crippen LogP contribution < -0.4 is 16.4 Å². The van der Waals surface area contributed by atoms with Crippen molar-refractivity contribution in [3.05, 3.63) is 83.7 Å². The highest BCUT2D eigenvalue weighted by atomic mass is 19.1. The minimum atomic E-state index is -0.499. The van der Waals surface area contributed by atoms with Gasteiger partial charge in [-0.05, 0) is 48.9 Å². The average Bonchev–Trinajstić information content (AvgIpc) is 2.72. The number of anilines is 3. The number of nitrogens with zero attached hydrogens (tertiary/aromatic N) is 2. The zero-order valence-corrected chi connectivity index (χ0v) is 16.2. The molecule has 0 saturated heterocycles. The SMILES string of the molecule is Cc1ccc(/C=C/CC(=O)Nc2ccc(C(=O)Nc3ccc(F)cc3N)nc2)cn1. The van der Waals surface area contributed by atoms with Gasteiger partial charge in [0.25, 0.3) is 5.91 Å². The quantitative estimate of drug-likeness (QED) is 0.540. The number of nitrogen functional groups attached to an aromatic ring is 1. The lowest BCUT2D eigenvalue weighted by Gasteiger charge is -2.08. The van der Waals surface area contributed by atoms with E-state index < -0.39 is 11.7 Å². The molecule has 0 aliphatic carbocycles. The Morgan fingerprint density at radius 1 is 1.07 bits per heavy atom. The minimum Gasteiger partial charge on any atom is -0.397 e. The normalized spacial score (nSPS) is 10.7. The van der Waals surface area contributed by atoms with Crippen LogP contribution in [-0.4, -0.2) is 21.8 Å². The first kappa shape index (κ1) is 20.7. The number of carbonyl (C=O) groups excluding carboxylic acids is 2. The molecule has 3 aromatic rings. The van der Waals surface area contributed by atoms with Crippen molar-refractivity contribution in [3.63, 3.8) is 0 Å². The van der Waals surface area contributed by atoms with Gasteiger partial charge in [-0.25, -0.2) is 9.37 Å². The number of aryl methyl sites for hydroxylation is 1. The van der Waals surface area contributed by atoms with Gasteiger partial charge in [0.1, 0.15) is 11.5 Å². The molecule has 0 aliphatic rings. The summed E-state index contributed by atoms with van der Waals surface area (Å²) in [6, 6.07) is 10.5. The molecule has 152 valence electrons. The van der Waals surface area contributed by atoms with Crippen molar-refractivity contribution >= 4 is 35.0 Å². The molecule has 0 fully saturated rings. The molecule has 0 spiro atoms. The maximum Gasteiger partial charge on any atom is 0.274 e. The fourth-order valence-electron chi connectivity index (χ4n) is 2.53. The van der Waals surface area contributed by atoms with Crippen LogP contribution in [0.25, 0.3) is 6.08 Å². The minimum absolute atomic E-state index is 0.113. The number of hydrogen-bond acceptors (Lipinski definition) is 5. The maximum atomic E-state index is 13.1. The predicted molar refractivity (Wildman–Crippen MR) is 114 cm³/mol. The molecule has 0 aliphatic heterocycles. The summed E-state index contributed by atoms with van der Waals surface area (Å²) in [5, 5.41) is 5.27. The van der Waals surface area contributed by atoms with Crippen LogP contribution in [0.3, 0.4) is 0 Å². The highest BCUT2D eigenvalue weighted by molar-refractivity contribution is 6.04. The van der Waals surface area contributed by atoms with Gasteiger partial charge in [0.05, 0.1) is 23.3 Å². The summed E-state index contributed by atoms with van der Waals surface area (Å²) >= 11 is 0. The summed E-state index contributed by atoms with van der Waals surface area (Å²) < 4.78 is 13.1. The van der Waals surface area contributed by atoms with Gasteiger partial charge in [-0.15, -0.1) is 0 Å². The second-order valence-electron chi connectivity index (χ2n) is 6.51. The van der Waals surface area contributed by atoms with Crippen molar-refractivity contribution in [2.45, 2.75) is 13.3 Å². The number of amides is 2. The van der Waals surface area contributed by atoms with Crippen LogP contribution in [0.2, 0.25) is 0 Å². The highest BCUT2D eigenvalue weighted by Crippen LogP contribution is 2.20. The fourth-order valence-corrected chi connectivity index (χ4v) is 2.53. The Morgan fingerprint density at radius 2 is 1.90 bits per heavy atom. The lowest BCUT2D eigenvalue weighted by atomic mass is 10.2. The Hall–Kier alpha value is -4.07. The van der Waals surface area contributed by atoms with Gasteiger partial charge in [-0.3, -0.25) is 14.6 Å². The van der Waals surface area contributed by atoms with Gasteiger partial charge in [-0.1, -0.05) is 18.2 Å². The van der Waals surface area contributed by atoms with Crippen molar-refractivity contribution in [1.29, 1.82) is 0 Å². The third-order valence-electron chi connectivity index (χ3n) is 4.09. The molecule has 30 heavy (non-hydrogen) atoms. The number of halogens is 1. The molecule has 3 rings (SSSR count). The summed E-state index contributed by atoms with van der Waals surface area (Å²) in [5.41, 5.74) is 8.51. The Morgan fingerprint density at radius 3 is 2.57 bits per heavy atom. The first-order valence-corrected chi connectivity index (χ1v) is 9.12. The number of rotatable bonds is 6. The Bertz CT molecular complexity index is 1080. The van der Waals surface area contributed by atoms with Crippen molar-refractivity contribution in [2.75, 3.05) is 16.4 Å². The smallest absolute Gasteiger partial charge is 0.274 e. The van der Waals surface area contributed by atoms with Crippen LogP contribution in [0, 0.1) is 12.7 Å². The first-order chi connectivity index (χ1) is 14.4. The van der Waals surface area contributed by atoms with Crippen LogP contribution in [0.1, 0.15) is 28.2 Å². The van der Waals surface area contributed by atoms with Crippen LogP contribution in [-0.2, 0) is 4.79 Å². The number of benzene rings is 1. The second-order valence-corrected chi connectivity index (χ2v) is 6.51. The summed E-state index contributed by atoms with van der Waals surface area (Å²) in [4.78, 5) is 32.5. The largest absolute Gasteiger partial charge is 0.397 e. The third kappa shape index (κ3) is 5.71. The van der Waals surface area contributed by atoms with Crippen LogP contribution >= 0.6 is 0 Å². The Kier molecular flexibility index (Phi) is 6.49. The maximum absolute atomic E-state index is 13.1. The number of nitrogens with one attached hydrogen (secondary N) is 2. The fraction of sp³-hybridized carbons (Fsp3) is 0.0909. The molecule has 2 amide bonds. The molecule has 0 radical (unpaired) electrons. The first-order valence-electron chi connectivity index (χ1n) is 9.12. The number of pyridine rings is 2. The van der Waals surface area contributed by atoms with E-state index >= 15 is 0 Å². The van der Waals surface area contributed by atoms with E-state index in [-0.39, 0.29) is 29.4 Å². The number of hydrogen-bond donors (Lipinski definition) is 3. The Labute approximate surface area is 172 Å². The molecule has 4 N–H and O–H groups in total. The van der Waals surface area contributed by atoms with Gasteiger partial charge < -0.3 is 16.4 Å². The van der Waals surface area contributed by atoms with Crippen molar-refractivity contribution in [1.82, 2.24) is 9.97 Å². The number of carbonyl (C=O) groups is 2. The van der Waals surface area contributed by atoms with Gasteiger partial charge >= 0.3 is 0 Å². The van der Waals surface area contributed by atoms with E-state index in [9.17, 15) is 14.0 Å². The van der Waals surface area contributed by atoms with Crippen LogP contribution in [0.5, 0.6) is 0 Å². The van der Waals surface area contributed by atoms with Crippen molar-refractivity contribution in [2.24, 2.45) is 0 Å². The molecule has 2 aromatic heterocycles. The van der Waals surface area contributed by atoms with Crippen molar-refractivity contribution in [3.8, 4) is 0 Å². The zero-order chi connectivity index (χ0) is 21.5. The van der Waals surface area contributed by atoms with E-state index in [0.29, 0.717) is 5.69 Å². The monoisotopic (exact) mass is 405 g/mol. The van der Waals surface area contributed by atoms with E-state index in [1.54, 1.807) is 18.3 Å². The molecule has 0 saturated carbocycles. The van der Waals surface area contributed by atoms with Crippen LogP contribution in [0.15, 0.2) is 60.9 Å². The molecule has 1 aromatic carbocycles. The zero-order valence-electron chi connectivity index (χ0n) is 16.2. The van der Waals surface area contributed by atoms with Gasteiger partial charge in [0.2, 0.25) is 5.91 Å². The molecule has 8 heteroatoms. The summed E-state index contributed by atoms with van der Waals surface area (Å²) in [7, 11) is 0. The van der Waals surface area contributed by atoms with Crippen LogP contribution in [0.4, 0.5) is 21.5 Å². The Balaban J connectivity index is 1.53. The molecule has 2 heterocycles. The van der Waals surface area contributed by atoms with Gasteiger partial charge in [-0.2, -0.15) is 0 Å². The van der Waals surface area contributed by atoms with Gasteiger partial charge in [0, 0.05) is 18.3 Å². The lowest BCUT2D eigenvalue weighted by Crippen LogP contribution is -2.15. The molecule has 0 unspecified atom stereocenters. The molecular weight excluding hydrogens is 385 g/mol. The highest BCUT2D eigenvalue weighted by Gasteiger charge is 2.10. The van der Waals surface area contributed by atoms with E-state index in [1.165, 1.54) is 24.4 Å². The van der Waals surface area contributed by atoms with E-state index in [0.717, 1.165) is 17.3 Å². The molecule has 0 bridgehead atoms. The predicted octanol–water partition coefficient (Wildman–Crippen LogP) is 3.80. The molecular formula is C22H20FN5O2. The van der Waals surface area contributed by atoms with Crippen molar-refractivity contribution < 1.29 is 14.0 Å². The standard InChI is InChI=1S/C22H20FN5O2/c1-14-5-6-15(12-25-14)3-2-4-21(29)27-17-8-10-20(26-13-17)22(30)28-19-9-7-16(23)11-18(19)24/h2-3,5-13H,4,24H2,1H3,(H,27,29)(H,28,30)/b3-2+. The third-order valence-corrected chi connectivity index (χ3v) is 4.09.